The molecule has 27 heavy (non-hydrogen) atoms. The van der Waals surface area contributed by atoms with Crippen LogP contribution in [0.25, 0.3) is 0 Å². The summed E-state index contributed by atoms with van der Waals surface area (Å²) in [7, 11) is 0. The first-order valence-corrected chi connectivity index (χ1v) is 10.2. The Morgan fingerprint density at radius 1 is 1.22 bits per heavy atom. The topological polar surface area (TPSA) is 74.6 Å². The molecule has 0 aliphatic heterocycles. The average Bonchev–Trinajstić information content (AvgIpc) is 3.02. The van der Waals surface area contributed by atoms with Crippen LogP contribution in [0.2, 0.25) is 0 Å². The summed E-state index contributed by atoms with van der Waals surface area (Å²) in [6.45, 7) is 4.07. The highest BCUT2D eigenvalue weighted by Crippen LogP contribution is 2.31. The molecule has 0 amide bonds. The van der Waals surface area contributed by atoms with E-state index in [4.69, 9.17) is 5.11 Å². The SMILES string of the molecule is CCCCC(C)(CO)CC=C[C@H]1C=CC(=O)[C@@H]1CC=CCCCC(=O)CO. The van der Waals surface area contributed by atoms with Crippen molar-refractivity contribution in [1.29, 1.82) is 0 Å². The van der Waals surface area contributed by atoms with E-state index < -0.39 is 0 Å². The zero-order valence-corrected chi connectivity index (χ0v) is 16.9. The Morgan fingerprint density at radius 3 is 2.67 bits per heavy atom. The Balaban J connectivity index is 2.46. The van der Waals surface area contributed by atoms with E-state index in [9.17, 15) is 14.7 Å². The fourth-order valence-electron chi connectivity index (χ4n) is 3.34. The zero-order valence-electron chi connectivity index (χ0n) is 16.9. The molecule has 1 unspecified atom stereocenters. The number of aliphatic hydroxyl groups excluding tert-OH is 2. The molecule has 0 bridgehead atoms. The number of aliphatic hydroxyl groups is 2. The lowest BCUT2D eigenvalue weighted by Crippen LogP contribution is -2.20. The molecule has 1 aliphatic carbocycles. The second kappa shape index (κ2) is 12.8. The van der Waals surface area contributed by atoms with E-state index in [1.165, 1.54) is 0 Å². The summed E-state index contributed by atoms with van der Waals surface area (Å²) in [5.41, 5.74) is -0.0831. The van der Waals surface area contributed by atoms with Crippen LogP contribution in [-0.4, -0.2) is 35.0 Å². The Hall–Kier alpha value is -1.52. The number of carbonyl (C=O) groups excluding carboxylic acids is 2. The number of carbonyl (C=O) groups is 2. The minimum Gasteiger partial charge on any atom is -0.396 e. The van der Waals surface area contributed by atoms with E-state index >= 15 is 0 Å². The van der Waals surface area contributed by atoms with Gasteiger partial charge in [0.15, 0.2) is 11.6 Å². The van der Waals surface area contributed by atoms with Crippen molar-refractivity contribution in [3.63, 3.8) is 0 Å². The fourth-order valence-corrected chi connectivity index (χ4v) is 3.34. The summed E-state index contributed by atoms with van der Waals surface area (Å²) in [4.78, 5) is 23.2. The summed E-state index contributed by atoms with van der Waals surface area (Å²) in [6, 6.07) is 0. The van der Waals surface area contributed by atoms with Gasteiger partial charge in [0.05, 0.1) is 0 Å². The minimum absolute atomic E-state index is 0.0485. The summed E-state index contributed by atoms with van der Waals surface area (Å²) >= 11 is 0. The second-order valence-electron chi connectivity index (χ2n) is 7.95. The largest absolute Gasteiger partial charge is 0.396 e. The van der Waals surface area contributed by atoms with Crippen LogP contribution < -0.4 is 0 Å². The standard InChI is InChI=1S/C23H36O4/c1-3-4-15-23(2,18-25)16-9-10-19-13-14-22(27)21(19)12-8-6-5-7-11-20(26)17-24/h6,8-10,13-14,19,21,24-25H,3-5,7,11-12,15-18H2,1-2H3/t19-,21+,23?/m0/s1. The Morgan fingerprint density at radius 2 is 2.00 bits per heavy atom. The van der Waals surface area contributed by atoms with E-state index in [2.05, 4.69) is 26.0 Å². The fraction of sp³-hybridized carbons (Fsp3) is 0.652. The van der Waals surface area contributed by atoms with Crippen LogP contribution in [0.5, 0.6) is 0 Å². The van der Waals surface area contributed by atoms with Crippen molar-refractivity contribution >= 4 is 11.6 Å². The smallest absolute Gasteiger partial charge is 0.159 e. The lowest BCUT2D eigenvalue weighted by molar-refractivity contribution is -0.121. The molecule has 0 aromatic rings. The number of ketones is 2. The molecular formula is C23H36O4. The molecular weight excluding hydrogens is 340 g/mol. The summed E-state index contributed by atoms with van der Waals surface area (Å²) in [6.07, 6.45) is 18.6. The minimum atomic E-state index is -0.381. The number of Topliss-reactive ketones (excluding diaryl/α,β-unsaturated/α-hetero) is 1. The first-order chi connectivity index (χ1) is 13.0. The Bertz CT molecular complexity index is 547. The van der Waals surface area contributed by atoms with E-state index in [1.807, 2.05) is 18.2 Å². The number of unbranched alkanes of at least 4 members (excludes halogenated alkanes) is 2. The highest BCUT2D eigenvalue weighted by molar-refractivity contribution is 5.95. The van der Waals surface area contributed by atoms with Gasteiger partial charge < -0.3 is 10.2 Å². The van der Waals surface area contributed by atoms with Crippen LogP contribution in [0.3, 0.4) is 0 Å². The molecule has 2 N–H and O–H groups in total. The molecule has 3 atom stereocenters. The van der Waals surface area contributed by atoms with Crippen molar-refractivity contribution in [1.82, 2.24) is 0 Å². The molecule has 0 saturated heterocycles. The average molecular weight is 377 g/mol. The van der Waals surface area contributed by atoms with Crippen molar-refractivity contribution in [2.45, 2.75) is 65.2 Å². The van der Waals surface area contributed by atoms with Crippen LogP contribution in [0, 0.1) is 17.3 Å². The van der Waals surface area contributed by atoms with Crippen molar-refractivity contribution in [2.24, 2.45) is 17.3 Å². The third-order valence-electron chi connectivity index (χ3n) is 5.36. The van der Waals surface area contributed by atoms with Gasteiger partial charge in [-0.1, -0.05) is 57.1 Å². The Labute approximate surface area is 164 Å². The monoisotopic (exact) mass is 376 g/mol. The van der Waals surface area contributed by atoms with Crippen molar-refractivity contribution in [3.05, 3.63) is 36.5 Å². The second-order valence-corrected chi connectivity index (χ2v) is 7.95. The molecule has 1 rings (SSSR count). The molecule has 152 valence electrons. The predicted octanol–water partition coefficient (Wildman–Crippen LogP) is 4.17. The van der Waals surface area contributed by atoms with Gasteiger partial charge in [-0.05, 0) is 43.6 Å². The van der Waals surface area contributed by atoms with Gasteiger partial charge in [0, 0.05) is 24.9 Å². The highest BCUT2D eigenvalue weighted by Gasteiger charge is 2.27. The lowest BCUT2D eigenvalue weighted by atomic mass is 9.81. The zero-order chi connectivity index (χ0) is 20.1. The quantitative estimate of drug-likeness (QED) is 0.352. The van der Waals surface area contributed by atoms with Crippen molar-refractivity contribution in [2.75, 3.05) is 13.2 Å². The van der Waals surface area contributed by atoms with Crippen LogP contribution in [-0.2, 0) is 9.59 Å². The molecule has 0 radical (unpaired) electrons. The van der Waals surface area contributed by atoms with Gasteiger partial charge in [0.2, 0.25) is 0 Å². The van der Waals surface area contributed by atoms with Gasteiger partial charge in [0.25, 0.3) is 0 Å². The van der Waals surface area contributed by atoms with Crippen LogP contribution in [0.15, 0.2) is 36.5 Å². The highest BCUT2D eigenvalue weighted by atomic mass is 16.3. The molecule has 4 nitrogen and oxygen atoms in total. The Kier molecular flexibility index (Phi) is 11.1. The lowest BCUT2D eigenvalue weighted by Gasteiger charge is -2.26. The molecule has 0 fully saturated rings. The third-order valence-corrected chi connectivity index (χ3v) is 5.36. The van der Waals surface area contributed by atoms with Crippen LogP contribution in [0.4, 0.5) is 0 Å². The molecule has 0 saturated carbocycles. The first kappa shape index (κ1) is 23.5. The molecule has 1 aliphatic rings. The molecule has 0 aromatic heterocycles. The van der Waals surface area contributed by atoms with E-state index in [1.54, 1.807) is 6.08 Å². The van der Waals surface area contributed by atoms with Gasteiger partial charge in [0.1, 0.15) is 6.61 Å². The number of hydrogen-bond acceptors (Lipinski definition) is 4. The third kappa shape index (κ3) is 8.81. The van der Waals surface area contributed by atoms with Gasteiger partial charge in [-0.3, -0.25) is 9.59 Å². The number of rotatable bonds is 14. The summed E-state index contributed by atoms with van der Waals surface area (Å²) < 4.78 is 0. The molecule has 4 heteroatoms. The number of hydrogen-bond donors (Lipinski definition) is 2. The molecule has 0 spiro atoms. The maximum Gasteiger partial charge on any atom is 0.159 e. The predicted molar refractivity (Wildman–Crippen MR) is 109 cm³/mol. The van der Waals surface area contributed by atoms with Crippen LogP contribution in [0.1, 0.15) is 65.2 Å². The molecule has 0 aromatic carbocycles. The van der Waals surface area contributed by atoms with Crippen molar-refractivity contribution < 1.29 is 19.8 Å². The maximum absolute atomic E-state index is 12.1. The summed E-state index contributed by atoms with van der Waals surface area (Å²) in [5.74, 6) is 0.109. The van der Waals surface area contributed by atoms with E-state index in [-0.39, 0.29) is 42.0 Å². The van der Waals surface area contributed by atoms with Gasteiger partial charge in [-0.2, -0.15) is 0 Å². The van der Waals surface area contributed by atoms with E-state index in [0.29, 0.717) is 12.8 Å². The van der Waals surface area contributed by atoms with E-state index in [0.717, 1.165) is 38.5 Å². The van der Waals surface area contributed by atoms with Crippen LogP contribution >= 0.6 is 0 Å². The van der Waals surface area contributed by atoms with Gasteiger partial charge >= 0.3 is 0 Å². The number of allylic oxidation sites excluding steroid dienone is 6. The first-order valence-electron chi connectivity index (χ1n) is 10.2. The molecule has 0 heterocycles. The van der Waals surface area contributed by atoms with Gasteiger partial charge in [-0.15, -0.1) is 0 Å². The van der Waals surface area contributed by atoms with Crippen molar-refractivity contribution in [3.8, 4) is 0 Å². The summed E-state index contributed by atoms with van der Waals surface area (Å²) in [5, 5.41) is 18.4. The van der Waals surface area contributed by atoms with Gasteiger partial charge in [-0.25, -0.2) is 0 Å². The maximum atomic E-state index is 12.1. The normalized spacial score (nSPS) is 22.1.